The zero-order chi connectivity index (χ0) is 12.3. The van der Waals surface area contributed by atoms with Crippen molar-refractivity contribution in [2.24, 2.45) is 0 Å². The number of rotatable bonds is 4. The lowest BCUT2D eigenvalue weighted by Crippen LogP contribution is -1.97. The van der Waals surface area contributed by atoms with Crippen molar-refractivity contribution in [3.8, 4) is 0 Å². The molecule has 2 aromatic rings. The fourth-order valence-electron chi connectivity index (χ4n) is 1.68. The highest BCUT2D eigenvalue weighted by molar-refractivity contribution is 7.99. The van der Waals surface area contributed by atoms with Crippen molar-refractivity contribution in [1.29, 1.82) is 0 Å². The van der Waals surface area contributed by atoms with Crippen molar-refractivity contribution in [1.82, 2.24) is 0 Å². The standard InChI is InChI=1S/C14H16O2S/c1-3-17-12-7-5-11(6-8-12)14(15)13-9-4-10(2)16-13/h4-9,14-15H,3H2,1-2H3/t14-/m1/s1. The third kappa shape index (κ3) is 2.93. The Kier molecular flexibility index (Phi) is 3.92. The summed E-state index contributed by atoms with van der Waals surface area (Å²) in [6.07, 6.45) is -0.677. The Morgan fingerprint density at radius 1 is 1.18 bits per heavy atom. The van der Waals surface area contributed by atoms with E-state index >= 15 is 0 Å². The lowest BCUT2D eigenvalue weighted by molar-refractivity contribution is 0.187. The fourth-order valence-corrected chi connectivity index (χ4v) is 2.34. The van der Waals surface area contributed by atoms with E-state index in [2.05, 4.69) is 6.92 Å². The molecule has 3 heteroatoms. The number of benzene rings is 1. The van der Waals surface area contributed by atoms with Gasteiger partial charge in [0.05, 0.1) is 0 Å². The van der Waals surface area contributed by atoms with E-state index in [4.69, 9.17) is 4.42 Å². The molecule has 0 bridgehead atoms. The van der Waals surface area contributed by atoms with Gasteiger partial charge in [0.2, 0.25) is 0 Å². The summed E-state index contributed by atoms with van der Waals surface area (Å²) in [6, 6.07) is 11.6. The molecule has 17 heavy (non-hydrogen) atoms. The zero-order valence-electron chi connectivity index (χ0n) is 10.0. The molecular formula is C14H16O2S. The molecule has 0 saturated carbocycles. The van der Waals surface area contributed by atoms with Gasteiger partial charge in [-0.05, 0) is 42.5 Å². The van der Waals surface area contributed by atoms with Crippen LogP contribution in [-0.2, 0) is 0 Å². The second kappa shape index (κ2) is 5.43. The smallest absolute Gasteiger partial charge is 0.137 e. The molecule has 2 rings (SSSR count). The van der Waals surface area contributed by atoms with E-state index in [1.165, 1.54) is 4.90 Å². The van der Waals surface area contributed by atoms with Crippen molar-refractivity contribution >= 4 is 11.8 Å². The van der Waals surface area contributed by atoms with Gasteiger partial charge in [0.15, 0.2) is 0 Å². The lowest BCUT2D eigenvalue weighted by atomic mass is 10.1. The molecule has 1 aromatic heterocycles. The summed E-state index contributed by atoms with van der Waals surface area (Å²) in [5.74, 6) is 2.47. The average molecular weight is 248 g/mol. The van der Waals surface area contributed by atoms with Crippen LogP contribution < -0.4 is 0 Å². The maximum Gasteiger partial charge on any atom is 0.137 e. The molecule has 0 fully saturated rings. The maximum atomic E-state index is 10.1. The van der Waals surface area contributed by atoms with Crippen LogP contribution in [0.5, 0.6) is 0 Å². The van der Waals surface area contributed by atoms with Gasteiger partial charge in [-0.3, -0.25) is 0 Å². The van der Waals surface area contributed by atoms with Gasteiger partial charge in [0, 0.05) is 4.90 Å². The van der Waals surface area contributed by atoms with Gasteiger partial charge in [0.25, 0.3) is 0 Å². The van der Waals surface area contributed by atoms with Crippen LogP contribution in [0.4, 0.5) is 0 Å². The second-order valence-electron chi connectivity index (χ2n) is 3.85. The normalized spacial score (nSPS) is 12.6. The minimum Gasteiger partial charge on any atom is -0.463 e. The van der Waals surface area contributed by atoms with Gasteiger partial charge < -0.3 is 9.52 Å². The molecule has 1 N–H and O–H groups in total. The Morgan fingerprint density at radius 2 is 1.88 bits per heavy atom. The highest BCUT2D eigenvalue weighted by Gasteiger charge is 2.13. The summed E-state index contributed by atoms with van der Waals surface area (Å²) in [7, 11) is 0. The third-order valence-corrected chi connectivity index (χ3v) is 3.43. The number of aliphatic hydroxyl groups is 1. The molecule has 0 saturated heterocycles. The van der Waals surface area contributed by atoms with Crippen molar-refractivity contribution < 1.29 is 9.52 Å². The van der Waals surface area contributed by atoms with Gasteiger partial charge in [0.1, 0.15) is 17.6 Å². The Morgan fingerprint density at radius 3 is 2.41 bits per heavy atom. The number of hydrogen-bond acceptors (Lipinski definition) is 3. The molecule has 1 heterocycles. The van der Waals surface area contributed by atoms with Gasteiger partial charge in [-0.15, -0.1) is 11.8 Å². The van der Waals surface area contributed by atoms with E-state index in [1.54, 1.807) is 11.8 Å². The topological polar surface area (TPSA) is 33.4 Å². The highest BCUT2D eigenvalue weighted by atomic mass is 32.2. The minimum atomic E-state index is -0.677. The summed E-state index contributed by atoms with van der Waals surface area (Å²) >= 11 is 1.79. The van der Waals surface area contributed by atoms with Gasteiger partial charge in [-0.25, -0.2) is 0 Å². The molecular weight excluding hydrogens is 232 g/mol. The molecule has 0 aliphatic carbocycles. The predicted octanol–water partition coefficient (Wildman–Crippen LogP) is 3.78. The summed E-state index contributed by atoms with van der Waals surface area (Å²) in [6.45, 7) is 4.00. The van der Waals surface area contributed by atoms with E-state index in [0.717, 1.165) is 17.1 Å². The van der Waals surface area contributed by atoms with E-state index in [0.29, 0.717) is 5.76 Å². The molecule has 0 unspecified atom stereocenters. The first-order valence-electron chi connectivity index (χ1n) is 5.68. The van der Waals surface area contributed by atoms with Crippen molar-refractivity contribution in [3.63, 3.8) is 0 Å². The molecule has 1 atom stereocenters. The molecule has 1 aromatic carbocycles. The number of aliphatic hydroxyl groups excluding tert-OH is 1. The molecule has 0 spiro atoms. The first-order valence-corrected chi connectivity index (χ1v) is 6.66. The van der Waals surface area contributed by atoms with Crippen molar-refractivity contribution in [3.05, 3.63) is 53.5 Å². The maximum absolute atomic E-state index is 10.1. The van der Waals surface area contributed by atoms with Gasteiger partial charge in [-0.2, -0.15) is 0 Å². The Hall–Kier alpha value is -1.19. The van der Waals surface area contributed by atoms with Crippen LogP contribution in [0.2, 0.25) is 0 Å². The van der Waals surface area contributed by atoms with E-state index < -0.39 is 6.10 Å². The van der Waals surface area contributed by atoms with Crippen LogP contribution in [0.15, 0.2) is 45.7 Å². The third-order valence-electron chi connectivity index (χ3n) is 2.54. The number of furan rings is 1. The summed E-state index contributed by atoms with van der Waals surface area (Å²) < 4.78 is 5.42. The van der Waals surface area contributed by atoms with E-state index in [-0.39, 0.29) is 0 Å². The molecule has 0 aliphatic rings. The van der Waals surface area contributed by atoms with Crippen LogP contribution in [0.1, 0.15) is 30.1 Å². The van der Waals surface area contributed by atoms with Crippen LogP contribution in [0.25, 0.3) is 0 Å². The van der Waals surface area contributed by atoms with Crippen molar-refractivity contribution in [2.45, 2.75) is 24.8 Å². The first kappa shape index (κ1) is 12.3. The molecule has 0 amide bonds. The zero-order valence-corrected chi connectivity index (χ0v) is 10.8. The number of aryl methyl sites for hydroxylation is 1. The Labute approximate surface area is 106 Å². The monoisotopic (exact) mass is 248 g/mol. The minimum absolute atomic E-state index is 0.596. The number of hydrogen-bond donors (Lipinski definition) is 1. The SMILES string of the molecule is CCSc1ccc([C@@H](O)c2ccc(C)o2)cc1. The van der Waals surface area contributed by atoms with Crippen molar-refractivity contribution in [2.75, 3.05) is 5.75 Å². The highest BCUT2D eigenvalue weighted by Crippen LogP contribution is 2.26. The van der Waals surface area contributed by atoms with Gasteiger partial charge >= 0.3 is 0 Å². The van der Waals surface area contributed by atoms with Crippen LogP contribution >= 0.6 is 11.8 Å². The lowest BCUT2D eigenvalue weighted by Gasteiger charge is -2.08. The van der Waals surface area contributed by atoms with Crippen LogP contribution in [0, 0.1) is 6.92 Å². The van der Waals surface area contributed by atoms with E-state index in [1.807, 2.05) is 43.3 Å². The first-order chi connectivity index (χ1) is 8.20. The second-order valence-corrected chi connectivity index (χ2v) is 5.19. The Bertz CT molecular complexity index is 473. The number of thioether (sulfide) groups is 1. The van der Waals surface area contributed by atoms with Crippen LogP contribution in [-0.4, -0.2) is 10.9 Å². The summed E-state index contributed by atoms with van der Waals surface area (Å²) in [5.41, 5.74) is 0.861. The molecule has 90 valence electrons. The average Bonchev–Trinajstić information content (AvgIpc) is 2.76. The molecule has 0 aliphatic heterocycles. The molecule has 2 nitrogen and oxygen atoms in total. The van der Waals surface area contributed by atoms with Gasteiger partial charge in [-0.1, -0.05) is 19.1 Å². The summed E-state index contributed by atoms with van der Waals surface area (Å²) in [5, 5.41) is 10.1. The van der Waals surface area contributed by atoms with Crippen LogP contribution in [0.3, 0.4) is 0 Å². The summed E-state index contributed by atoms with van der Waals surface area (Å²) in [4.78, 5) is 1.22. The predicted molar refractivity (Wildman–Crippen MR) is 70.3 cm³/mol. The quantitative estimate of drug-likeness (QED) is 0.836. The molecule has 0 radical (unpaired) electrons. The van der Waals surface area contributed by atoms with E-state index in [9.17, 15) is 5.11 Å². The largest absolute Gasteiger partial charge is 0.463 e. The Balaban J connectivity index is 2.16. The fraction of sp³-hybridized carbons (Fsp3) is 0.286.